The Morgan fingerprint density at radius 1 is 1.06 bits per heavy atom. The number of anilines is 1. The Morgan fingerprint density at radius 3 is 2.55 bits per heavy atom. The first-order chi connectivity index (χ1) is 23.8. The Morgan fingerprint density at radius 2 is 1.82 bits per heavy atom. The number of carbonyl (C=O) groups is 4. The smallest absolute Gasteiger partial charge is 0.306 e. The van der Waals surface area contributed by atoms with E-state index in [4.69, 9.17) is 9.47 Å². The Bertz CT molecular complexity index is 1730. The fourth-order valence-electron chi connectivity index (χ4n) is 7.80. The van der Waals surface area contributed by atoms with Crippen molar-refractivity contribution in [2.24, 2.45) is 11.8 Å². The second kappa shape index (κ2) is 14.8. The molecule has 0 unspecified atom stereocenters. The van der Waals surface area contributed by atoms with Crippen molar-refractivity contribution in [1.29, 1.82) is 0 Å². The first-order valence-electron chi connectivity index (χ1n) is 16.9. The van der Waals surface area contributed by atoms with Crippen molar-refractivity contribution >= 4 is 40.2 Å². The van der Waals surface area contributed by atoms with E-state index in [0.717, 1.165) is 16.3 Å². The minimum Gasteiger partial charge on any atom is -0.463 e. The quantitative estimate of drug-likeness (QED) is 0.181. The molecule has 3 aromatic carbocycles. The van der Waals surface area contributed by atoms with E-state index < -0.39 is 47.5 Å². The molecule has 256 valence electrons. The molecule has 0 radical (unpaired) electrons. The largest absolute Gasteiger partial charge is 0.463 e. The molecule has 3 fully saturated rings. The van der Waals surface area contributed by atoms with E-state index in [1.54, 1.807) is 17.1 Å². The first-order valence-corrected chi connectivity index (χ1v) is 16.9. The van der Waals surface area contributed by atoms with E-state index >= 15 is 0 Å². The van der Waals surface area contributed by atoms with Gasteiger partial charge in [0.05, 0.1) is 24.0 Å². The number of fused-ring (bicyclic) bond motifs is 2. The second-order valence-electron chi connectivity index (χ2n) is 12.9. The van der Waals surface area contributed by atoms with Crippen molar-refractivity contribution in [3.05, 3.63) is 104 Å². The Kier molecular flexibility index (Phi) is 10.3. The number of aliphatic hydroxyl groups is 1. The topological polar surface area (TPSA) is 125 Å². The molecule has 3 saturated heterocycles. The molecule has 3 aliphatic heterocycles. The van der Waals surface area contributed by atoms with Crippen molar-refractivity contribution in [3.8, 4) is 0 Å². The predicted octanol–water partition coefficient (Wildman–Crippen LogP) is 4.48. The molecule has 10 nitrogen and oxygen atoms in total. The highest BCUT2D eigenvalue weighted by atomic mass is 16.5. The van der Waals surface area contributed by atoms with Gasteiger partial charge in [0.15, 0.2) is 0 Å². The fourth-order valence-corrected chi connectivity index (χ4v) is 7.80. The number of hydrogen-bond donors (Lipinski definition) is 2. The third kappa shape index (κ3) is 6.50. The molecule has 2 N–H and O–H groups in total. The second-order valence-corrected chi connectivity index (χ2v) is 12.9. The Balaban J connectivity index is 1.30. The van der Waals surface area contributed by atoms with Gasteiger partial charge in [0.25, 0.3) is 5.91 Å². The lowest BCUT2D eigenvalue weighted by atomic mass is 9.70. The summed E-state index contributed by atoms with van der Waals surface area (Å²) in [5, 5.41) is 14.8. The van der Waals surface area contributed by atoms with Crippen LogP contribution in [-0.2, 0) is 28.7 Å². The van der Waals surface area contributed by atoms with Crippen molar-refractivity contribution in [1.82, 2.24) is 10.2 Å². The molecule has 6 rings (SSSR count). The van der Waals surface area contributed by atoms with E-state index in [1.807, 2.05) is 72.8 Å². The molecular weight excluding hydrogens is 622 g/mol. The van der Waals surface area contributed by atoms with Gasteiger partial charge in [-0.3, -0.25) is 19.2 Å². The van der Waals surface area contributed by atoms with Gasteiger partial charge in [-0.15, -0.1) is 13.2 Å². The summed E-state index contributed by atoms with van der Waals surface area (Å²) in [4.78, 5) is 58.9. The normalized spacial score (nSPS) is 24.3. The summed E-state index contributed by atoms with van der Waals surface area (Å²) in [7, 11) is 0. The van der Waals surface area contributed by atoms with Gasteiger partial charge >= 0.3 is 5.97 Å². The van der Waals surface area contributed by atoms with E-state index in [0.29, 0.717) is 24.9 Å². The molecule has 3 aliphatic rings. The predicted molar refractivity (Wildman–Crippen MR) is 185 cm³/mol. The van der Waals surface area contributed by atoms with Gasteiger partial charge in [0.2, 0.25) is 11.8 Å². The van der Waals surface area contributed by atoms with Crippen LogP contribution >= 0.6 is 0 Å². The summed E-state index contributed by atoms with van der Waals surface area (Å²) < 4.78 is 12.2. The van der Waals surface area contributed by atoms with Crippen LogP contribution in [0.3, 0.4) is 0 Å². The number of esters is 1. The van der Waals surface area contributed by atoms with Gasteiger partial charge < -0.3 is 29.7 Å². The Hall–Kier alpha value is -4.80. The van der Waals surface area contributed by atoms with Crippen molar-refractivity contribution in [2.45, 2.75) is 55.9 Å². The van der Waals surface area contributed by atoms with Crippen molar-refractivity contribution in [3.63, 3.8) is 0 Å². The zero-order valence-electron chi connectivity index (χ0n) is 27.5. The van der Waals surface area contributed by atoms with E-state index in [9.17, 15) is 24.3 Å². The monoisotopic (exact) mass is 665 g/mol. The number of ether oxygens (including phenoxy) is 2. The van der Waals surface area contributed by atoms with Crippen LogP contribution in [0.5, 0.6) is 0 Å². The zero-order valence-corrected chi connectivity index (χ0v) is 27.5. The molecule has 2 bridgehead atoms. The molecule has 1 spiro atoms. The van der Waals surface area contributed by atoms with Crippen LogP contribution in [-0.4, -0.2) is 77.7 Å². The molecule has 3 amide bonds. The van der Waals surface area contributed by atoms with Gasteiger partial charge in [-0.25, -0.2) is 0 Å². The lowest BCUT2D eigenvalue weighted by molar-refractivity contribution is -0.146. The van der Waals surface area contributed by atoms with Gasteiger partial charge in [0.1, 0.15) is 18.2 Å². The number of benzene rings is 3. The highest BCUT2D eigenvalue weighted by Crippen LogP contribution is 2.58. The molecule has 3 heterocycles. The summed E-state index contributed by atoms with van der Waals surface area (Å²) in [5.74, 6) is -3.20. The summed E-state index contributed by atoms with van der Waals surface area (Å²) in [6, 6.07) is 21.2. The maximum atomic E-state index is 14.8. The number of nitrogens with one attached hydrogen (secondary N) is 1. The molecule has 10 heteroatoms. The first kappa shape index (κ1) is 34.1. The highest BCUT2D eigenvalue weighted by molar-refractivity contribution is 6.05. The van der Waals surface area contributed by atoms with Gasteiger partial charge in [-0.1, -0.05) is 72.8 Å². The minimum atomic E-state index is -1.22. The zero-order chi connectivity index (χ0) is 34.5. The third-order valence-electron chi connectivity index (χ3n) is 10.00. The summed E-state index contributed by atoms with van der Waals surface area (Å²) in [6.07, 6.45) is 4.59. The third-order valence-corrected chi connectivity index (χ3v) is 10.00. The summed E-state index contributed by atoms with van der Waals surface area (Å²) in [6.45, 7) is 7.63. The SMILES string of the molecule is C=CCCC(=O)OC[C@@H](NC(=O)[C@@H]1[C@@H]2CC[C@]3(O2)[C@H](C(=O)N(CC=C)c2ccc4ccccc4c2)N(CCCO)C(=O)[C@@H]13)c1ccccc1. The van der Waals surface area contributed by atoms with Crippen LogP contribution < -0.4 is 10.2 Å². The molecule has 6 atom stereocenters. The van der Waals surface area contributed by atoms with Crippen LogP contribution in [0, 0.1) is 11.8 Å². The van der Waals surface area contributed by atoms with Crippen LogP contribution in [0.2, 0.25) is 0 Å². The van der Waals surface area contributed by atoms with Gasteiger partial charge in [-0.05, 0) is 54.2 Å². The molecule has 0 aliphatic carbocycles. The standard InChI is InChI=1S/C39H43N3O7/c1-3-5-16-32(44)48-25-30(27-13-7-6-8-14-27)40-36(45)33-31-19-20-39(49-31)34(33)37(46)42(22-11-23-43)35(39)38(47)41(21-4-2)29-18-17-26-12-9-10-15-28(26)24-29/h3-4,6-10,12-15,17-18,24,30-31,33-35,43H,1-2,5,11,16,19-23,25H2,(H,40,45)/t30-,31+,33-,34-,35+,39-/m1/s1. The number of nitrogens with zero attached hydrogens (tertiary/aromatic N) is 2. The lowest BCUT2D eigenvalue weighted by Crippen LogP contribution is -2.56. The van der Waals surface area contributed by atoms with Crippen LogP contribution in [0.4, 0.5) is 5.69 Å². The van der Waals surface area contributed by atoms with Gasteiger partial charge in [0, 0.05) is 31.8 Å². The average molecular weight is 666 g/mol. The number of aliphatic hydroxyl groups excluding tert-OH is 1. The molecule has 3 aromatic rings. The van der Waals surface area contributed by atoms with E-state index in [1.165, 1.54) is 4.90 Å². The van der Waals surface area contributed by atoms with Crippen molar-refractivity contribution < 1.29 is 33.8 Å². The molecule has 49 heavy (non-hydrogen) atoms. The summed E-state index contributed by atoms with van der Waals surface area (Å²) in [5.41, 5.74) is 0.191. The van der Waals surface area contributed by atoms with Crippen LogP contribution in [0.25, 0.3) is 10.8 Å². The number of amides is 3. The maximum absolute atomic E-state index is 14.8. The molecule has 0 saturated carbocycles. The van der Waals surface area contributed by atoms with Gasteiger partial charge in [-0.2, -0.15) is 0 Å². The minimum absolute atomic E-state index is 0.0836. The number of hydrogen-bond acceptors (Lipinski definition) is 7. The van der Waals surface area contributed by atoms with E-state index in [-0.39, 0.29) is 51.0 Å². The number of likely N-dealkylation sites (tertiary alicyclic amines) is 1. The lowest BCUT2D eigenvalue weighted by Gasteiger charge is -2.37. The molecule has 0 aromatic heterocycles. The number of carbonyl (C=O) groups excluding carboxylic acids is 4. The van der Waals surface area contributed by atoms with Crippen LogP contribution in [0.1, 0.15) is 43.7 Å². The summed E-state index contributed by atoms with van der Waals surface area (Å²) >= 11 is 0. The molecular formula is C39H43N3O7. The number of rotatable bonds is 15. The van der Waals surface area contributed by atoms with Crippen LogP contribution in [0.15, 0.2) is 98.1 Å². The average Bonchev–Trinajstić information content (AvgIpc) is 3.77. The Labute approximate surface area is 286 Å². The highest BCUT2D eigenvalue weighted by Gasteiger charge is 2.74. The van der Waals surface area contributed by atoms with Crippen molar-refractivity contribution in [2.75, 3.05) is 31.2 Å². The van der Waals surface area contributed by atoms with E-state index in [2.05, 4.69) is 18.5 Å². The fraction of sp³-hybridized carbons (Fsp3) is 0.385. The maximum Gasteiger partial charge on any atom is 0.306 e. The number of allylic oxidation sites excluding steroid dienone is 1.